The lowest BCUT2D eigenvalue weighted by atomic mass is 10.3. The average Bonchev–Trinajstić information content (AvgIpc) is 2.84. The zero-order valence-electron chi connectivity index (χ0n) is 11.5. The van der Waals surface area contributed by atoms with E-state index >= 15 is 0 Å². The highest BCUT2D eigenvalue weighted by molar-refractivity contribution is 5.93. The first kappa shape index (κ1) is 16.2. The van der Waals surface area contributed by atoms with Crippen molar-refractivity contribution in [3.63, 3.8) is 0 Å². The summed E-state index contributed by atoms with van der Waals surface area (Å²) in [4.78, 5) is 22.5. The summed E-state index contributed by atoms with van der Waals surface area (Å²) in [6.07, 6.45) is 2.26. The van der Waals surface area contributed by atoms with Crippen molar-refractivity contribution < 1.29 is 24.2 Å². The molecule has 7 nitrogen and oxygen atoms in total. The van der Waals surface area contributed by atoms with Gasteiger partial charge in [0.2, 0.25) is 0 Å². The average molecular weight is 284 g/mol. The van der Waals surface area contributed by atoms with Crippen molar-refractivity contribution in [3.8, 4) is 0 Å². The van der Waals surface area contributed by atoms with Crippen LogP contribution in [0.25, 0.3) is 0 Å². The minimum atomic E-state index is -0.984. The summed E-state index contributed by atoms with van der Waals surface area (Å²) >= 11 is 0. The maximum atomic E-state index is 11.9. The number of carbonyl (C=O) groups is 2. The fourth-order valence-electron chi connectivity index (χ4n) is 1.61. The van der Waals surface area contributed by atoms with Gasteiger partial charge in [-0.15, -0.1) is 0 Å². The smallest absolute Gasteiger partial charge is 0.323 e. The van der Waals surface area contributed by atoms with Gasteiger partial charge in [0.1, 0.15) is 12.2 Å². The molecule has 0 saturated heterocycles. The molecule has 0 fully saturated rings. The summed E-state index contributed by atoms with van der Waals surface area (Å²) in [5.41, 5.74) is 0.340. The number of methoxy groups -OCH3 is 1. The number of ether oxygens (including phenoxy) is 2. The van der Waals surface area contributed by atoms with Gasteiger partial charge in [0.15, 0.2) is 0 Å². The zero-order chi connectivity index (χ0) is 14.8. The first-order valence-corrected chi connectivity index (χ1v) is 6.37. The standard InChI is InChI=1S/C13H20N2O5/c1-19-8-9-20-7-3-5-14-13(18)11-4-2-6-15(11)10-12(16)17/h2,4,6H,3,5,7-10H2,1H3,(H,14,18)(H,16,17). The highest BCUT2D eigenvalue weighted by Crippen LogP contribution is 2.02. The van der Waals surface area contributed by atoms with E-state index in [-0.39, 0.29) is 12.5 Å². The number of amides is 1. The van der Waals surface area contributed by atoms with Gasteiger partial charge in [-0.25, -0.2) is 0 Å². The van der Waals surface area contributed by atoms with Gasteiger partial charge in [0.25, 0.3) is 5.91 Å². The second-order valence-electron chi connectivity index (χ2n) is 4.13. The molecule has 7 heteroatoms. The van der Waals surface area contributed by atoms with Crippen molar-refractivity contribution >= 4 is 11.9 Å². The number of rotatable bonds is 10. The fraction of sp³-hybridized carbons (Fsp3) is 0.538. The Morgan fingerprint density at radius 3 is 2.85 bits per heavy atom. The van der Waals surface area contributed by atoms with E-state index in [4.69, 9.17) is 14.6 Å². The van der Waals surface area contributed by atoms with E-state index in [2.05, 4.69) is 5.32 Å². The van der Waals surface area contributed by atoms with Gasteiger partial charge >= 0.3 is 5.97 Å². The minimum Gasteiger partial charge on any atom is -0.480 e. The highest BCUT2D eigenvalue weighted by atomic mass is 16.5. The molecule has 0 aromatic carbocycles. The van der Waals surface area contributed by atoms with Crippen LogP contribution in [0.3, 0.4) is 0 Å². The molecule has 2 N–H and O–H groups in total. The lowest BCUT2D eigenvalue weighted by molar-refractivity contribution is -0.137. The Morgan fingerprint density at radius 1 is 1.35 bits per heavy atom. The maximum Gasteiger partial charge on any atom is 0.323 e. The van der Waals surface area contributed by atoms with Gasteiger partial charge in [0.05, 0.1) is 13.2 Å². The second-order valence-corrected chi connectivity index (χ2v) is 4.13. The number of carbonyl (C=O) groups excluding carboxylic acids is 1. The SMILES string of the molecule is COCCOCCCNC(=O)c1cccn1CC(=O)O. The third kappa shape index (κ3) is 5.85. The summed E-state index contributed by atoms with van der Waals surface area (Å²) in [7, 11) is 1.61. The van der Waals surface area contributed by atoms with Gasteiger partial charge in [-0.05, 0) is 18.6 Å². The molecule has 0 aliphatic heterocycles. The highest BCUT2D eigenvalue weighted by Gasteiger charge is 2.11. The van der Waals surface area contributed by atoms with Crippen molar-refractivity contribution in [2.45, 2.75) is 13.0 Å². The molecule has 112 valence electrons. The van der Waals surface area contributed by atoms with Crippen molar-refractivity contribution in [3.05, 3.63) is 24.0 Å². The quantitative estimate of drug-likeness (QED) is 0.605. The normalized spacial score (nSPS) is 10.4. The van der Waals surface area contributed by atoms with Gasteiger partial charge in [-0.3, -0.25) is 9.59 Å². The monoisotopic (exact) mass is 284 g/mol. The Bertz CT molecular complexity index is 430. The molecule has 20 heavy (non-hydrogen) atoms. The first-order chi connectivity index (χ1) is 9.65. The van der Waals surface area contributed by atoms with Crippen LogP contribution in [0.4, 0.5) is 0 Å². The number of aliphatic carboxylic acids is 1. The van der Waals surface area contributed by atoms with Crippen LogP contribution in [0.2, 0.25) is 0 Å². The van der Waals surface area contributed by atoms with Crippen molar-refractivity contribution in [1.82, 2.24) is 9.88 Å². The second kappa shape index (κ2) is 9.11. The molecule has 0 bridgehead atoms. The zero-order valence-corrected chi connectivity index (χ0v) is 11.5. The number of carboxylic acids is 1. The van der Waals surface area contributed by atoms with E-state index in [9.17, 15) is 9.59 Å². The summed E-state index contributed by atoms with van der Waals surface area (Å²) in [6, 6.07) is 3.24. The van der Waals surface area contributed by atoms with Crippen molar-refractivity contribution in [1.29, 1.82) is 0 Å². The largest absolute Gasteiger partial charge is 0.480 e. The van der Waals surface area contributed by atoms with Crippen LogP contribution in [0.5, 0.6) is 0 Å². The molecule has 0 atom stereocenters. The van der Waals surface area contributed by atoms with Crippen LogP contribution in [0, 0.1) is 0 Å². The van der Waals surface area contributed by atoms with E-state index in [1.807, 2.05) is 0 Å². The molecule has 1 aromatic heterocycles. The summed E-state index contributed by atoms with van der Waals surface area (Å²) < 4.78 is 11.5. The molecule has 0 aliphatic rings. The molecule has 1 heterocycles. The predicted molar refractivity (Wildman–Crippen MR) is 71.7 cm³/mol. The molecule has 1 rings (SSSR count). The van der Waals surface area contributed by atoms with Gasteiger partial charge < -0.3 is 24.5 Å². The Hall–Kier alpha value is -1.86. The lowest BCUT2D eigenvalue weighted by Crippen LogP contribution is -2.28. The van der Waals surface area contributed by atoms with Gasteiger partial charge in [-0.2, -0.15) is 0 Å². The Balaban J connectivity index is 2.26. The molecule has 0 spiro atoms. The van der Waals surface area contributed by atoms with Crippen LogP contribution in [0.15, 0.2) is 18.3 Å². The third-order valence-electron chi connectivity index (χ3n) is 2.55. The Morgan fingerprint density at radius 2 is 2.15 bits per heavy atom. The maximum absolute atomic E-state index is 11.9. The van der Waals surface area contributed by atoms with E-state index in [1.165, 1.54) is 4.57 Å². The fourth-order valence-corrected chi connectivity index (χ4v) is 1.61. The Labute approximate surface area is 117 Å². The molecule has 1 amide bonds. The number of aromatic nitrogens is 1. The van der Waals surface area contributed by atoms with Gasteiger partial charge in [0, 0.05) is 26.5 Å². The van der Waals surface area contributed by atoms with E-state index in [1.54, 1.807) is 25.4 Å². The molecular formula is C13H20N2O5. The van der Waals surface area contributed by atoms with E-state index in [0.29, 0.717) is 38.5 Å². The first-order valence-electron chi connectivity index (χ1n) is 6.37. The number of nitrogens with one attached hydrogen (secondary N) is 1. The Kier molecular flexibility index (Phi) is 7.38. The van der Waals surface area contributed by atoms with Crippen molar-refractivity contribution in [2.75, 3.05) is 33.5 Å². The van der Waals surface area contributed by atoms with Crippen LogP contribution >= 0.6 is 0 Å². The summed E-state index contributed by atoms with van der Waals surface area (Å²) in [5, 5.41) is 11.5. The number of hydrogen-bond donors (Lipinski definition) is 2. The van der Waals surface area contributed by atoms with E-state index in [0.717, 1.165) is 0 Å². The molecule has 0 saturated carbocycles. The number of hydrogen-bond acceptors (Lipinski definition) is 4. The third-order valence-corrected chi connectivity index (χ3v) is 2.55. The minimum absolute atomic E-state index is 0.226. The van der Waals surface area contributed by atoms with Crippen LogP contribution in [-0.2, 0) is 20.8 Å². The predicted octanol–water partition coefficient (Wildman–Crippen LogP) is 0.356. The molecule has 1 aromatic rings. The van der Waals surface area contributed by atoms with Crippen LogP contribution in [-0.4, -0.2) is 55.0 Å². The number of nitrogens with zero attached hydrogens (tertiary/aromatic N) is 1. The topological polar surface area (TPSA) is 89.8 Å². The summed E-state index contributed by atoms with van der Waals surface area (Å²) in [5.74, 6) is -1.27. The van der Waals surface area contributed by atoms with Crippen molar-refractivity contribution in [2.24, 2.45) is 0 Å². The van der Waals surface area contributed by atoms with Crippen LogP contribution < -0.4 is 5.32 Å². The molecule has 0 radical (unpaired) electrons. The molecule has 0 aliphatic carbocycles. The van der Waals surface area contributed by atoms with Crippen LogP contribution in [0.1, 0.15) is 16.9 Å². The van der Waals surface area contributed by atoms with Gasteiger partial charge in [-0.1, -0.05) is 0 Å². The molecule has 0 unspecified atom stereocenters. The van der Waals surface area contributed by atoms with E-state index < -0.39 is 5.97 Å². The number of carboxylic acid groups (broad SMARTS) is 1. The molecular weight excluding hydrogens is 264 g/mol. The lowest BCUT2D eigenvalue weighted by Gasteiger charge is -2.08. The summed E-state index contributed by atoms with van der Waals surface area (Å²) in [6.45, 7) is 1.88.